The molecule has 2 rings (SSSR count). The number of hydrogen-bond donors (Lipinski definition) is 1. The lowest BCUT2D eigenvalue weighted by molar-refractivity contribution is -0.116. The Morgan fingerprint density at radius 3 is 1.65 bits per heavy atom. The van der Waals surface area contributed by atoms with Crippen LogP contribution in [0.1, 0.15) is 0 Å². The van der Waals surface area contributed by atoms with Crippen LogP contribution in [0.25, 0.3) is 0 Å². The summed E-state index contributed by atoms with van der Waals surface area (Å²) in [5, 5.41) is 0. The van der Waals surface area contributed by atoms with Crippen LogP contribution in [0.2, 0.25) is 0 Å². The molecule has 3 nitrogen and oxygen atoms in total. The number of para-hydroxylation sites is 2. The predicted octanol–water partition coefficient (Wildman–Crippen LogP) is 2.31. The maximum Gasteiger partial charge on any atom is 0.237 e. The van der Waals surface area contributed by atoms with Gasteiger partial charge in [-0.3, -0.25) is 4.79 Å². The molecule has 0 aromatic heterocycles. The van der Waals surface area contributed by atoms with E-state index in [-0.39, 0.29) is 12.5 Å². The van der Waals surface area contributed by atoms with Gasteiger partial charge in [0.05, 0.1) is 0 Å². The Morgan fingerprint density at radius 2 is 1.29 bits per heavy atom. The van der Waals surface area contributed by atoms with Gasteiger partial charge in [-0.25, -0.2) is 0 Å². The first-order valence-corrected chi connectivity index (χ1v) is 5.43. The quantitative estimate of drug-likeness (QED) is 0.869. The first kappa shape index (κ1) is 11.2. The molecule has 17 heavy (non-hydrogen) atoms. The number of rotatable bonds is 4. The first-order chi connectivity index (χ1) is 8.27. The molecule has 2 N–H and O–H groups in total. The third-order valence-electron chi connectivity index (χ3n) is 2.45. The lowest BCUT2D eigenvalue weighted by Crippen LogP contribution is -2.30. The van der Waals surface area contributed by atoms with E-state index >= 15 is 0 Å². The smallest absolute Gasteiger partial charge is 0.237 e. The van der Waals surface area contributed by atoms with E-state index in [2.05, 4.69) is 0 Å². The molecule has 3 heteroatoms. The second-order valence-electron chi connectivity index (χ2n) is 3.72. The second kappa shape index (κ2) is 5.16. The Kier molecular flexibility index (Phi) is 3.40. The van der Waals surface area contributed by atoms with Crippen molar-refractivity contribution in [2.24, 2.45) is 5.73 Å². The topological polar surface area (TPSA) is 46.3 Å². The highest BCUT2D eigenvalue weighted by Gasteiger charge is 2.10. The number of primary amides is 1. The average Bonchev–Trinajstić information content (AvgIpc) is 2.38. The highest BCUT2D eigenvalue weighted by molar-refractivity contribution is 5.82. The maximum atomic E-state index is 11.1. The minimum atomic E-state index is -0.349. The Labute approximate surface area is 100 Å². The zero-order valence-electron chi connectivity index (χ0n) is 9.41. The summed E-state index contributed by atoms with van der Waals surface area (Å²) in [4.78, 5) is 13.0. The van der Waals surface area contributed by atoms with Crippen molar-refractivity contribution in [3.63, 3.8) is 0 Å². The largest absolute Gasteiger partial charge is 0.368 e. The zero-order valence-corrected chi connectivity index (χ0v) is 9.41. The first-order valence-electron chi connectivity index (χ1n) is 5.43. The van der Waals surface area contributed by atoms with Crippen LogP contribution < -0.4 is 10.6 Å². The van der Waals surface area contributed by atoms with E-state index in [0.717, 1.165) is 11.4 Å². The van der Waals surface area contributed by atoms with E-state index < -0.39 is 0 Å². The molecule has 0 aliphatic rings. The molecular formula is C14H14N2O. The summed E-state index contributed by atoms with van der Waals surface area (Å²) in [6.07, 6.45) is 0. The van der Waals surface area contributed by atoms with E-state index in [4.69, 9.17) is 5.73 Å². The number of anilines is 2. The van der Waals surface area contributed by atoms with Gasteiger partial charge in [0.2, 0.25) is 5.91 Å². The van der Waals surface area contributed by atoms with Crippen molar-refractivity contribution >= 4 is 17.3 Å². The van der Waals surface area contributed by atoms with Crippen molar-refractivity contribution in [2.75, 3.05) is 11.4 Å². The normalized spacial score (nSPS) is 9.88. The van der Waals surface area contributed by atoms with Gasteiger partial charge >= 0.3 is 0 Å². The van der Waals surface area contributed by atoms with Crippen LogP contribution in [0, 0.1) is 0 Å². The summed E-state index contributed by atoms with van der Waals surface area (Å²) < 4.78 is 0. The van der Waals surface area contributed by atoms with E-state index in [1.807, 2.05) is 65.6 Å². The molecule has 0 atom stereocenters. The van der Waals surface area contributed by atoms with Gasteiger partial charge in [-0.1, -0.05) is 36.4 Å². The summed E-state index contributed by atoms with van der Waals surface area (Å²) in [6, 6.07) is 19.4. The molecule has 0 saturated carbocycles. The van der Waals surface area contributed by atoms with Crippen LogP contribution >= 0.6 is 0 Å². The standard InChI is InChI=1S/C14H14N2O/c15-14(17)11-16(12-7-3-1-4-8-12)13-9-5-2-6-10-13/h1-10H,11H2,(H2,15,17). The third-order valence-corrected chi connectivity index (χ3v) is 2.45. The van der Waals surface area contributed by atoms with Crippen LogP contribution in [0.4, 0.5) is 11.4 Å². The lowest BCUT2D eigenvalue weighted by Gasteiger charge is -2.23. The summed E-state index contributed by atoms with van der Waals surface area (Å²) in [7, 11) is 0. The van der Waals surface area contributed by atoms with Crippen LogP contribution in [0.15, 0.2) is 60.7 Å². The van der Waals surface area contributed by atoms with Crippen molar-refractivity contribution < 1.29 is 4.79 Å². The summed E-state index contributed by atoms with van der Waals surface area (Å²) in [5.74, 6) is -0.349. The van der Waals surface area contributed by atoms with Gasteiger partial charge in [-0.15, -0.1) is 0 Å². The second-order valence-corrected chi connectivity index (χ2v) is 3.72. The Balaban J connectivity index is 2.36. The number of amides is 1. The lowest BCUT2D eigenvalue weighted by atomic mass is 10.2. The number of benzene rings is 2. The fraction of sp³-hybridized carbons (Fsp3) is 0.0714. The molecule has 0 fully saturated rings. The number of nitrogens with zero attached hydrogens (tertiary/aromatic N) is 1. The molecule has 0 unspecified atom stereocenters. The minimum Gasteiger partial charge on any atom is -0.368 e. The fourth-order valence-electron chi connectivity index (χ4n) is 1.70. The zero-order chi connectivity index (χ0) is 12.1. The van der Waals surface area contributed by atoms with E-state index in [1.54, 1.807) is 0 Å². The fourth-order valence-corrected chi connectivity index (χ4v) is 1.70. The average molecular weight is 226 g/mol. The number of carbonyl (C=O) groups excluding carboxylic acids is 1. The molecule has 2 aromatic carbocycles. The van der Waals surface area contributed by atoms with Gasteiger partial charge in [0.25, 0.3) is 0 Å². The van der Waals surface area contributed by atoms with Gasteiger partial charge in [0, 0.05) is 11.4 Å². The van der Waals surface area contributed by atoms with E-state index in [1.165, 1.54) is 0 Å². The number of nitrogens with two attached hydrogens (primary N) is 1. The van der Waals surface area contributed by atoms with Gasteiger partial charge in [0.15, 0.2) is 0 Å². The monoisotopic (exact) mass is 226 g/mol. The number of carbonyl (C=O) groups is 1. The van der Waals surface area contributed by atoms with Crippen LogP contribution in [0.3, 0.4) is 0 Å². The van der Waals surface area contributed by atoms with Crippen molar-refractivity contribution in [1.29, 1.82) is 0 Å². The van der Waals surface area contributed by atoms with E-state index in [9.17, 15) is 4.79 Å². The molecule has 2 aromatic rings. The van der Waals surface area contributed by atoms with Gasteiger partial charge in [0.1, 0.15) is 6.54 Å². The van der Waals surface area contributed by atoms with Crippen molar-refractivity contribution in [1.82, 2.24) is 0 Å². The molecule has 0 radical (unpaired) electrons. The van der Waals surface area contributed by atoms with Crippen molar-refractivity contribution in [3.05, 3.63) is 60.7 Å². The molecule has 0 spiro atoms. The summed E-state index contributed by atoms with van der Waals surface area (Å²) in [6.45, 7) is 0.175. The van der Waals surface area contributed by atoms with Crippen LogP contribution in [-0.4, -0.2) is 12.5 Å². The highest BCUT2D eigenvalue weighted by atomic mass is 16.1. The van der Waals surface area contributed by atoms with Gasteiger partial charge in [-0.05, 0) is 24.3 Å². The van der Waals surface area contributed by atoms with Gasteiger partial charge in [-0.2, -0.15) is 0 Å². The molecule has 0 heterocycles. The molecule has 0 bridgehead atoms. The predicted molar refractivity (Wildman–Crippen MR) is 69.1 cm³/mol. The van der Waals surface area contributed by atoms with E-state index in [0.29, 0.717) is 0 Å². The third kappa shape index (κ3) is 2.84. The molecule has 0 saturated heterocycles. The number of hydrogen-bond acceptors (Lipinski definition) is 2. The van der Waals surface area contributed by atoms with Crippen molar-refractivity contribution in [2.45, 2.75) is 0 Å². The van der Waals surface area contributed by atoms with Crippen molar-refractivity contribution in [3.8, 4) is 0 Å². The summed E-state index contributed by atoms with van der Waals surface area (Å²) in [5.41, 5.74) is 7.20. The van der Waals surface area contributed by atoms with Crippen LogP contribution in [0.5, 0.6) is 0 Å². The maximum absolute atomic E-state index is 11.1. The Morgan fingerprint density at radius 1 is 0.882 bits per heavy atom. The molecule has 0 aliphatic carbocycles. The highest BCUT2D eigenvalue weighted by Crippen LogP contribution is 2.23. The molecule has 0 aliphatic heterocycles. The van der Waals surface area contributed by atoms with Gasteiger partial charge < -0.3 is 10.6 Å². The summed E-state index contributed by atoms with van der Waals surface area (Å²) >= 11 is 0. The SMILES string of the molecule is NC(=O)CN(c1ccccc1)c1ccccc1. The minimum absolute atomic E-state index is 0.175. The molecule has 1 amide bonds. The van der Waals surface area contributed by atoms with Crippen LogP contribution in [-0.2, 0) is 4.79 Å². The Hall–Kier alpha value is -2.29. The molecule has 86 valence electrons. The molecular weight excluding hydrogens is 212 g/mol. The Bertz CT molecular complexity index is 443.